The summed E-state index contributed by atoms with van der Waals surface area (Å²) in [4.78, 5) is 44.1. The maximum absolute atomic E-state index is 13.4. The first-order chi connectivity index (χ1) is 17.4. The summed E-state index contributed by atoms with van der Waals surface area (Å²) in [5.74, 6) is -0.0986. The van der Waals surface area contributed by atoms with Gasteiger partial charge in [-0.25, -0.2) is 0 Å². The van der Waals surface area contributed by atoms with Crippen LogP contribution in [-0.4, -0.2) is 70.2 Å². The van der Waals surface area contributed by atoms with Gasteiger partial charge in [0.05, 0.1) is 17.5 Å². The molecule has 0 spiro atoms. The highest BCUT2D eigenvalue weighted by Crippen LogP contribution is 2.37. The summed E-state index contributed by atoms with van der Waals surface area (Å²) >= 11 is 1.78. The molecular formula is C27H28N4O4S. The summed E-state index contributed by atoms with van der Waals surface area (Å²) in [7, 11) is 0. The molecule has 0 aliphatic carbocycles. The third kappa shape index (κ3) is 4.76. The molecule has 2 aromatic carbocycles. The van der Waals surface area contributed by atoms with E-state index in [1.54, 1.807) is 16.2 Å². The zero-order valence-electron chi connectivity index (χ0n) is 20.1. The molecule has 8 nitrogen and oxygen atoms in total. The zero-order chi connectivity index (χ0) is 25.2. The maximum atomic E-state index is 13.4. The number of carbonyl (C=O) groups excluding carboxylic acids is 2. The summed E-state index contributed by atoms with van der Waals surface area (Å²) in [6.07, 6.45) is 0.942. The largest absolute Gasteiger partial charge is 0.338 e. The Morgan fingerprint density at radius 1 is 1.03 bits per heavy atom. The van der Waals surface area contributed by atoms with Crippen LogP contribution < -0.4 is 0 Å². The smallest absolute Gasteiger partial charge is 0.269 e. The third-order valence-corrected chi connectivity index (χ3v) is 8.08. The fourth-order valence-electron chi connectivity index (χ4n) is 5.22. The SMILES string of the molecule is C[C@@H]1CN(C(=O)CN2CCc3sccc3[C@@H]2c2ccccc2)CCN1C(=O)c1ccc([N+](=O)[O-])cc1. The molecule has 0 bridgehead atoms. The van der Waals surface area contributed by atoms with Crippen molar-refractivity contribution in [3.05, 3.63) is 97.7 Å². The number of nitro benzene ring substituents is 1. The first-order valence-electron chi connectivity index (χ1n) is 12.1. The molecule has 186 valence electrons. The Labute approximate surface area is 213 Å². The molecule has 0 unspecified atom stereocenters. The van der Waals surface area contributed by atoms with Crippen molar-refractivity contribution in [2.24, 2.45) is 0 Å². The van der Waals surface area contributed by atoms with Crippen molar-refractivity contribution in [2.75, 3.05) is 32.7 Å². The molecule has 9 heteroatoms. The number of hydrogen-bond acceptors (Lipinski definition) is 6. The van der Waals surface area contributed by atoms with Gasteiger partial charge in [0, 0.05) is 54.8 Å². The van der Waals surface area contributed by atoms with Gasteiger partial charge in [-0.15, -0.1) is 11.3 Å². The van der Waals surface area contributed by atoms with Crippen molar-refractivity contribution in [1.29, 1.82) is 0 Å². The third-order valence-electron chi connectivity index (χ3n) is 7.09. The van der Waals surface area contributed by atoms with Crippen LogP contribution in [0.3, 0.4) is 0 Å². The van der Waals surface area contributed by atoms with Crippen molar-refractivity contribution < 1.29 is 14.5 Å². The van der Waals surface area contributed by atoms with Gasteiger partial charge in [0.2, 0.25) is 5.91 Å². The molecular weight excluding hydrogens is 476 g/mol. The van der Waals surface area contributed by atoms with Gasteiger partial charge in [0.15, 0.2) is 0 Å². The van der Waals surface area contributed by atoms with E-state index in [-0.39, 0.29) is 29.6 Å². The Morgan fingerprint density at radius 3 is 2.47 bits per heavy atom. The Hall–Kier alpha value is -3.56. The monoisotopic (exact) mass is 504 g/mol. The number of fused-ring (bicyclic) bond motifs is 1. The number of nitro groups is 1. The van der Waals surface area contributed by atoms with Crippen LogP contribution in [0.15, 0.2) is 66.0 Å². The summed E-state index contributed by atoms with van der Waals surface area (Å²) in [6, 6.07) is 18.1. The van der Waals surface area contributed by atoms with E-state index in [2.05, 4.69) is 28.5 Å². The van der Waals surface area contributed by atoms with Crippen LogP contribution in [0.25, 0.3) is 0 Å². The van der Waals surface area contributed by atoms with Crippen molar-refractivity contribution in [1.82, 2.24) is 14.7 Å². The second-order valence-electron chi connectivity index (χ2n) is 9.32. The van der Waals surface area contributed by atoms with Crippen LogP contribution in [0.1, 0.15) is 39.3 Å². The van der Waals surface area contributed by atoms with Crippen LogP contribution in [0, 0.1) is 10.1 Å². The van der Waals surface area contributed by atoms with E-state index in [4.69, 9.17) is 0 Å². The molecule has 1 aromatic heterocycles. The lowest BCUT2D eigenvalue weighted by Gasteiger charge is -2.42. The van der Waals surface area contributed by atoms with Gasteiger partial charge in [-0.2, -0.15) is 0 Å². The average Bonchev–Trinajstić information content (AvgIpc) is 3.37. The summed E-state index contributed by atoms with van der Waals surface area (Å²) in [6.45, 7) is 4.46. The lowest BCUT2D eigenvalue weighted by Crippen LogP contribution is -2.57. The van der Waals surface area contributed by atoms with Crippen LogP contribution in [0.4, 0.5) is 5.69 Å². The molecule has 2 aliphatic heterocycles. The van der Waals surface area contributed by atoms with Crippen LogP contribution in [-0.2, 0) is 11.2 Å². The Kier molecular flexibility index (Phi) is 6.84. The van der Waals surface area contributed by atoms with Gasteiger partial charge in [-0.05, 0) is 48.1 Å². The Balaban J connectivity index is 1.25. The van der Waals surface area contributed by atoms with E-state index in [1.165, 1.54) is 40.3 Å². The average molecular weight is 505 g/mol. The number of thiophene rings is 1. The summed E-state index contributed by atoms with van der Waals surface area (Å²) in [5.41, 5.74) is 2.85. The standard InChI is InChI=1S/C27H28N4O4S/c1-19-17-28(14-15-30(19)27(33)21-7-9-22(10-8-21)31(34)35)25(32)18-29-13-11-24-23(12-16-36-24)26(29)20-5-3-2-4-6-20/h2-10,12,16,19,26H,11,13-15,17-18H2,1H3/t19-,26+/m1/s1. The van der Waals surface area contributed by atoms with Crippen LogP contribution >= 0.6 is 11.3 Å². The molecule has 1 fully saturated rings. The molecule has 0 N–H and O–H groups in total. The van der Waals surface area contributed by atoms with E-state index in [1.807, 2.05) is 30.0 Å². The van der Waals surface area contributed by atoms with Crippen molar-refractivity contribution >= 4 is 28.8 Å². The molecule has 2 atom stereocenters. The Morgan fingerprint density at radius 2 is 1.78 bits per heavy atom. The van der Waals surface area contributed by atoms with Crippen molar-refractivity contribution in [2.45, 2.75) is 25.4 Å². The molecule has 1 saturated heterocycles. The van der Waals surface area contributed by atoms with Gasteiger partial charge in [0.25, 0.3) is 11.6 Å². The highest BCUT2D eigenvalue weighted by Gasteiger charge is 2.34. The molecule has 0 radical (unpaired) electrons. The van der Waals surface area contributed by atoms with E-state index >= 15 is 0 Å². The zero-order valence-corrected chi connectivity index (χ0v) is 20.9. The molecule has 5 rings (SSSR count). The van der Waals surface area contributed by atoms with E-state index in [0.717, 1.165) is 13.0 Å². The second-order valence-corrected chi connectivity index (χ2v) is 10.3. The van der Waals surface area contributed by atoms with Crippen LogP contribution in [0.2, 0.25) is 0 Å². The minimum atomic E-state index is -0.481. The number of non-ortho nitro benzene ring substituents is 1. The van der Waals surface area contributed by atoms with Gasteiger partial charge in [-0.1, -0.05) is 30.3 Å². The fourth-order valence-corrected chi connectivity index (χ4v) is 6.12. The van der Waals surface area contributed by atoms with Gasteiger partial charge < -0.3 is 9.80 Å². The number of amides is 2. The van der Waals surface area contributed by atoms with Crippen molar-refractivity contribution in [3.8, 4) is 0 Å². The predicted molar refractivity (Wildman–Crippen MR) is 138 cm³/mol. The van der Waals surface area contributed by atoms with Crippen LogP contribution in [0.5, 0.6) is 0 Å². The lowest BCUT2D eigenvalue weighted by molar-refractivity contribution is -0.384. The van der Waals surface area contributed by atoms with E-state index < -0.39 is 4.92 Å². The quantitative estimate of drug-likeness (QED) is 0.388. The van der Waals surface area contributed by atoms with E-state index in [0.29, 0.717) is 31.7 Å². The maximum Gasteiger partial charge on any atom is 0.269 e. The number of piperazine rings is 1. The lowest BCUT2D eigenvalue weighted by atomic mass is 9.93. The molecule has 36 heavy (non-hydrogen) atoms. The Bertz CT molecular complexity index is 1260. The van der Waals surface area contributed by atoms with Gasteiger partial charge in [-0.3, -0.25) is 24.6 Å². The number of hydrogen-bond donors (Lipinski definition) is 0. The molecule has 2 amide bonds. The van der Waals surface area contributed by atoms with Gasteiger partial charge in [0.1, 0.15) is 0 Å². The van der Waals surface area contributed by atoms with Gasteiger partial charge >= 0.3 is 0 Å². The summed E-state index contributed by atoms with van der Waals surface area (Å²) < 4.78 is 0. The molecule has 2 aliphatic rings. The predicted octanol–water partition coefficient (Wildman–Crippen LogP) is 3.98. The number of benzene rings is 2. The normalized spacial score (nSPS) is 20.1. The molecule has 0 saturated carbocycles. The van der Waals surface area contributed by atoms with Crippen molar-refractivity contribution in [3.63, 3.8) is 0 Å². The first kappa shape index (κ1) is 24.1. The minimum absolute atomic E-state index is 0.0453. The topological polar surface area (TPSA) is 87.0 Å². The second kappa shape index (κ2) is 10.2. The highest BCUT2D eigenvalue weighted by molar-refractivity contribution is 7.10. The minimum Gasteiger partial charge on any atom is -0.338 e. The fraction of sp³-hybridized carbons (Fsp3) is 0.333. The highest BCUT2D eigenvalue weighted by atomic mass is 32.1. The van der Waals surface area contributed by atoms with E-state index in [9.17, 15) is 19.7 Å². The first-order valence-corrected chi connectivity index (χ1v) is 13.0. The molecule has 3 aromatic rings. The summed E-state index contributed by atoms with van der Waals surface area (Å²) in [5, 5.41) is 13.0. The molecule has 3 heterocycles. The number of carbonyl (C=O) groups is 2. The number of nitrogens with zero attached hydrogens (tertiary/aromatic N) is 4. The number of rotatable bonds is 5.